The van der Waals surface area contributed by atoms with Crippen molar-refractivity contribution in [2.24, 2.45) is 0 Å². The molecular formula is C8H8NOs. The predicted molar refractivity (Wildman–Crippen MR) is 37.5 cm³/mol. The first-order valence-electron chi connectivity index (χ1n) is 3.20. The molecule has 0 atom stereocenters. The minimum atomic E-state index is 0. The van der Waals surface area contributed by atoms with Gasteiger partial charge in [-0.15, -0.1) is 11.6 Å². The summed E-state index contributed by atoms with van der Waals surface area (Å²) in [7, 11) is 0. The van der Waals surface area contributed by atoms with E-state index in [1.54, 1.807) is 0 Å². The summed E-state index contributed by atoms with van der Waals surface area (Å²) in [6.07, 6.45) is 1.16. The van der Waals surface area contributed by atoms with Crippen molar-refractivity contribution in [2.45, 2.75) is 6.42 Å². The van der Waals surface area contributed by atoms with Crippen molar-refractivity contribution in [2.75, 3.05) is 11.9 Å². The van der Waals surface area contributed by atoms with E-state index in [4.69, 9.17) is 0 Å². The first-order valence-corrected chi connectivity index (χ1v) is 3.20. The van der Waals surface area contributed by atoms with Crippen LogP contribution in [0.3, 0.4) is 0 Å². The Morgan fingerprint density at radius 1 is 1.50 bits per heavy atom. The van der Waals surface area contributed by atoms with Crippen LogP contribution in [-0.2, 0) is 26.2 Å². The van der Waals surface area contributed by atoms with Crippen LogP contribution in [0.5, 0.6) is 0 Å². The zero-order valence-corrected chi connectivity index (χ0v) is 8.04. The average molecular weight is 308 g/mol. The molecule has 1 aromatic carbocycles. The molecule has 1 aliphatic heterocycles. The minimum absolute atomic E-state index is 0. The monoisotopic (exact) mass is 310 g/mol. The molecule has 0 unspecified atom stereocenters. The van der Waals surface area contributed by atoms with E-state index in [2.05, 4.69) is 23.5 Å². The molecule has 2 rings (SSSR count). The number of fused-ring (bicyclic) bond motifs is 1. The topological polar surface area (TPSA) is 12.0 Å². The molecule has 1 N–H and O–H groups in total. The van der Waals surface area contributed by atoms with Crippen molar-refractivity contribution in [1.29, 1.82) is 0 Å². The van der Waals surface area contributed by atoms with E-state index in [1.807, 2.05) is 6.07 Å². The van der Waals surface area contributed by atoms with Crippen molar-refractivity contribution in [1.82, 2.24) is 0 Å². The second-order valence-corrected chi connectivity index (χ2v) is 2.26. The summed E-state index contributed by atoms with van der Waals surface area (Å²) in [6, 6.07) is 9.12. The molecule has 0 fully saturated rings. The van der Waals surface area contributed by atoms with Crippen LogP contribution in [0.4, 0.5) is 5.69 Å². The van der Waals surface area contributed by atoms with E-state index in [-0.39, 0.29) is 19.8 Å². The molecule has 0 saturated carbocycles. The third-order valence-corrected chi connectivity index (χ3v) is 1.66. The number of hydrogen-bond donors (Lipinski definition) is 1. The Morgan fingerprint density at radius 2 is 2.40 bits per heavy atom. The van der Waals surface area contributed by atoms with Crippen LogP contribution in [0.15, 0.2) is 18.2 Å². The van der Waals surface area contributed by atoms with Crippen LogP contribution >= 0.6 is 0 Å². The van der Waals surface area contributed by atoms with Gasteiger partial charge in [0.2, 0.25) is 0 Å². The standard InChI is InChI=1S/C8H8N.Os/c1-2-4-8-7(3-1)5-6-9-8;/h2-4,9H,5-6H2;/q-1;+1. The second-order valence-electron chi connectivity index (χ2n) is 2.26. The molecule has 1 aliphatic rings. The molecule has 1 nitrogen and oxygen atoms in total. The molecule has 0 aromatic heterocycles. The molecule has 1 heterocycles. The summed E-state index contributed by atoms with van der Waals surface area (Å²) in [5, 5.41) is 3.28. The number of benzene rings is 1. The van der Waals surface area contributed by atoms with Gasteiger partial charge in [0.25, 0.3) is 0 Å². The Bertz CT molecular complexity index is 199. The average Bonchev–Trinajstić information content (AvgIpc) is 2.33. The predicted octanol–water partition coefficient (Wildman–Crippen LogP) is 1.45. The normalized spacial score (nSPS) is 13.2. The Balaban J connectivity index is 0.000000500. The van der Waals surface area contributed by atoms with E-state index in [9.17, 15) is 0 Å². The van der Waals surface area contributed by atoms with E-state index in [0.717, 1.165) is 13.0 Å². The van der Waals surface area contributed by atoms with Crippen LogP contribution in [-0.4, -0.2) is 6.54 Å². The second kappa shape index (κ2) is 3.17. The third kappa shape index (κ3) is 1.22. The fourth-order valence-electron chi connectivity index (χ4n) is 1.18. The van der Waals surface area contributed by atoms with Crippen LogP contribution in [0.2, 0.25) is 0 Å². The van der Waals surface area contributed by atoms with E-state index in [0.29, 0.717) is 0 Å². The van der Waals surface area contributed by atoms with Crippen molar-refractivity contribution in [3.8, 4) is 0 Å². The number of anilines is 1. The van der Waals surface area contributed by atoms with E-state index in [1.165, 1.54) is 11.3 Å². The molecule has 53 valence electrons. The molecule has 1 radical (unpaired) electrons. The summed E-state index contributed by atoms with van der Waals surface area (Å²) in [5.41, 5.74) is 2.69. The smallest absolute Gasteiger partial charge is 0.407 e. The molecule has 0 amide bonds. The van der Waals surface area contributed by atoms with Gasteiger partial charge in [0.1, 0.15) is 0 Å². The summed E-state index contributed by atoms with van der Waals surface area (Å²) < 4.78 is 0. The maximum Gasteiger partial charge on any atom is 1.00 e. The summed E-state index contributed by atoms with van der Waals surface area (Å²) in [6.45, 7) is 1.09. The minimum Gasteiger partial charge on any atom is -0.407 e. The fraction of sp³-hybridized carbons (Fsp3) is 0.250. The van der Waals surface area contributed by atoms with E-state index < -0.39 is 0 Å². The molecule has 1 aromatic rings. The van der Waals surface area contributed by atoms with Gasteiger partial charge in [-0.2, -0.15) is 18.2 Å². The molecule has 0 spiro atoms. The zero-order chi connectivity index (χ0) is 6.10. The third-order valence-electron chi connectivity index (χ3n) is 1.66. The maximum atomic E-state index is 3.28. The van der Waals surface area contributed by atoms with Gasteiger partial charge in [-0.05, 0) is 0 Å². The molecular weight excluding hydrogens is 300 g/mol. The first-order chi connectivity index (χ1) is 4.47. The summed E-state index contributed by atoms with van der Waals surface area (Å²) >= 11 is 0. The molecule has 0 bridgehead atoms. The van der Waals surface area contributed by atoms with Crippen molar-refractivity contribution in [3.63, 3.8) is 0 Å². The van der Waals surface area contributed by atoms with Gasteiger partial charge >= 0.3 is 19.8 Å². The first kappa shape index (κ1) is 7.76. The van der Waals surface area contributed by atoms with E-state index >= 15 is 0 Å². The van der Waals surface area contributed by atoms with Crippen LogP contribution < -0.4 is 5.32 Å². The summed E-state index contributed by atoms with van der Waals surface area (Å²) in [4.78, 5) is 0. The zero-order valence-electron chi connectivity index (χ0n) is 5.50. The maximum absolute atomic E-state index is 3.28. The van der Waals surface area contributed by atoms with Gasteiger partial charge in [0, 0.05) is 6.54 Å². The van der Waals surface area contributed by atoms with Crippen molar-refractivity contribution < 1.29 is 19.8 Å². The van der Waals surface area contributed by atoms with Gasteiger partial charge in [-0.25, -0.2) is 0 Å². The Kier molecular flexibility index (Phi) is 2.46. The number of nitrogens with one attached hydrogen (secondary N) is 1. The largest absolute Gasteiger partial charge is 1.00 e. The molecule has 2 heteroatoms. The number of hydrogen-bond acceptors (Lipinski definition) is 1. The SMILES string of the molecule is [Os+].[c-]1ccc2c(c1)CCN2. The van der Waals surface area contributed by atoms with Crippen molar-refractivity contribution in [3.05, 3.63) is 29.8 Å². The van der Waals surface area contributed by atoms with Crippen LogP contribution in [0.25, 0.3) is 0 Å². The Morgan fingerprint density at radius 3 is 3.20 bits per heavy atom. The summed E-state index contributed by atoms with van der Waals surface area (Å²) in [5.74, 6) is 0. The fourth-order valence-corrected chi connectivity index (χ4v) is 1.18. The Hall–Kier alpha value is -0.344. The van der Waals surface area contributed by atoms with Gasteiger partial charge in [0.05, 0.1) is 0 Å². The number of rotatable bonds is 0. The Labute approximate surface area is 73.9 Å². The van der Waals surface area contributed by atoms with Crippen molar-refractivity contribution >= 4 is 5.69 Å². The van der Waals surface area contributed by atoms with Gasteiger partial charge in [-0.3, -0.25) is 0 Å². The molecule has 0 aliphatic carbocycles. The van der Waals surface area contributed by atoms with Gasteiger partial charge in [0.15, 0.2) is 0 Å². The van der Waals surface area contributed by atoms with Crippen LogP contribution in [0.1, 0.15) is 5.56 Å². The van der Waals surface area contributed by atoms with Crippen LogP contribution in [0, 0.1) is 6.07 Å². The van der Waals surface area contributed by atoms with Gasteiger partial charge < -0.3 is 5.32 Å². The quantitative estimate of drug-likeness (QED) is 0.716. The van der Waals surface area contributed by atoms with Gasteiger partial charge in [-0.1, -0.05) is 12.1 Å². The molecule has 10 heavy (non-hydrogen) atoms. The molecule has 0 saturated heterocycles.